The molecule has 108 valence electrons. The summed E-state index contributed by atoms with van der Waals surface area (Å²) >= 11 is 5.85. The van der Waals surface area contributed by atoms with E-state index in [0.717, 1.165) is 5.56 Å². The summed E-state index contributed by atoms with van der Waals surface area (Å²) < 4.78 is 9.96. The molecule has 0 amide bonds. The molecular formula is C16H14ClNO3. The number of carbonyl (C=O) groups excluding carboxylic acids is 1. The molecule has 1 aromatic carbocycles. The zero-order valence-corrected chi connectivity index (χ0v) is 12.5. The second-order valence-corrected chi connectivity index (χ2v) is 4.69. The predicted molar refractivity (Wildman–Crippen MR) is 81.8 cm³/mol. The first-order valence-electron chi connectivity index (χ1n) is 6.23. The normalized spacial score (nSPS) is 11.3. The number of halogens is 1. The number of ether oxygens (including phenoxy) is 1. The molecule has 0 atom stereocenters. The minimum Gasteiger partial charge on any atom is -0.465 e. The van der Waals surface area contributed by atoms with Gasteiger partial charge >= 0.3 is 5.97 Å². The Labute approximate surface area is 127 Å². The Kier molecular flexibility index (Phi) is 4.60. The van der Waals surface area contributed by atoms with Crippen LogP contribution in [-0.4, -0.2) is 18.2 Å². The molecule has 0 spiro atoms. The summed E-state index contributed by atoms with van der Waals surface area (Å²) in [6.07, 6.45) is 1.62. The molecule has 4 nitrogen and oxygen atoms in total. The van der Waals surface area contributed by atoms with Gasteiger partial charge in [-0.3, -0.25) is 0 Å². The minimum atomic E-state index is -0.466. The van der Waals surface area contributed by atoms with E-state index in [1.54, 1.807) is 31.2 Å². The largest absolute Gasteiger partial charge is 0.465 e. The van der Waals surface area contributed by atoms with Gasteiger partial charge < -0.3 is 9.26 Å². The Morgan fingerprint density at radius 2 is 2.05 bits per heavy atom. The Bertz CT molecular complexity index is 699. The van der Waals surface area contributed by atoms with Crippen molar-refractivity contribution in [3.05, 3.63) is 59.3 Å². The zero-order valence-electron chi connectivity index (χ0n) is 11.7. The van der Waals surface area contributed by atoms with E-state index in [-0.39, 0.29) is 0 Å². The quantitative estimate of drug-likeness (QED) is 0.484. The molecule has 1 aromatic heterocycles. The van der Waals surface area contributed by atoms with Gasteiger partial charge in [0.15, 0.2) is 5.76 Å². The molecule has 0 aliphatic carbocycles. The van der Waals surface area contributed by atoms with E-state index in [1.165, 1.54) is 7.11 Å². The Morgan fingerprint density at radius 3 is 2.62 bits per heavy atom. The third-order valence-electron chi connectivity index (χ3n) is 2.97. The highest BCUT2D eigenvalue weighted by Crippen LogP contribution is 2.27. The lowest BCUT2D eigenvalue weighted by Gasteiger charge is -2.04. The Morgan fingerprint density at radius 1 is 1.38 bits per heavy atom. The second-order valence-electron chi connectivity index (χ2n) is 4.26. The topological polar surface area (TPSA) is 52.3 Å². The molecule has 0 radical (unpaired) electrons. The molecule has 0 saturated carbocycles. The van der Waals surface area contributed by atoms with Crippen LogP contribution in [0.4, 0.5) is 0 Å². The second kappa shape index (κ2) is 6.41. The standard InChI is InChI=1S/C16H14ClNO3/c1-4-13(16(19)20-3)10(2)15-9-14(18-21-15)11-5-7-12(17)8-6-11/h4-9H,2H2,1,3H3. The molecule has 2 rings (SSSR count). The molecule has 0 unspecified atom stereocenters. The molecule has 5 heteroatoms. The highest BCUT2D eigenvalue weighted by Gasteiger charge is 2.18. The summed E-state index contributed by atoms with van der Waals surface area (Å²) in [6, 6.07) is 8.93. The maximum Gasteiger partial charge on any atom is 0.338 e. The van der Waals surface area contributed by atoms with Crippen molar-refractivity contribution in [1.29, 1.82) is 0 Å². The number of allylic oxidation sites excluding steroid dienone is 1. The van der Waals surface area contributed by atoms with Crippen LogP contribution in [0.15, 0.2) is 53.1 Å². The van der Waals surface area contributed by atoms with Crippen LogP contribution < -0.4 is 0 Å². The third-order valence-corrected chi connectivity index (χ3v) is 3.22. The summed E-state index contributed by atoms with van der Waals surface area (Å²) in [4.78, 5) is 11.6. The van der Waals surface area contributed by atoms with Crippen molar-refractivity contribution >= 4 is 23.1 Å². The molecule has 0 fully saturated rings. The molecule has 2 aromatic rings. The van der Waals surface area contributed by atoms with E-state index in [0.29, 0.717) is 27.6 Å². The fourth-order valence-electron chi connectivity index (χ4n) is 1.83. The van der Waals surface area contributed by atoms with Gasteiger partial charge in [0.25, 0.3) is 0 Å². The molecule has 0 aliphatic rings. The van der Waals surface area contributed by atoms with Gasteiger partial charge in [0.2, 0.25) is 0 Å². The van der Waals surface area contributed by atoms with Crippen molar-refractivity contribution in [2.75, 3.05) is 7.11 Å². The van der Waals surface area contributed by atoms with Crippen LogP contribution in [0.25, 0.3) is 16.8 Å². The molecule has 1 heterocycles. The number of nitrogens with zero attached hydrogens (tertiary/aromatic N) is 1. The van der Waals surface area contributed by atoms with E-state index in [1.807, 2.05) is 12.1 Å². The van der Waals surface area contributed by atoms with Crippen LogP contribution >= 0.6 is 11.6 Å². The first-order valence-corrected chi connectivity index (χ1v) is 6.61. The highest BCUT2D eigenvalue weighted by atomic mass is 35.5. The first-order chi connectivity index (χ1) is 10.1. The third kappa shape index (κ3) is 3.23. The average Bonchev–Trinajstić information content (AvgIpc) is 2.98. The number of aromatic nitrogens is 1. The van der Waals surface area contributed by atoms with Crippen molar-refractivity contribution in [2.24, 2.45) is 0 Å². The van der Waals surface area contributed by atoms with Gasteiger partial charge in [-0.25, -0.2) is 4.79 Å². The minimum absolute atomic E-state index is 0.344. The maximum absolute atomic E-state index is 11.6. The van der Waals surface area contributed by atoms with E-state index in [9.17, 15) is 4.79 Å². The monoisotopic (exact) mass is 303 g/mol. The van der Waals surface area contributed by atoms with Gasteiger partial charge in [0.05, 0.1) is 12.7 Å². The summed E-state index contributed by atoms with van der Waals surface area (Å²) in [5, 5.41) is 4.63. The van der Waals surface area contributed by atoms with Crippen molar-refractivity contribution in [2.45, 2.75) is 6.92 Å². The Hall–Kier alpha value is -2.33. The van der Waals surface area contributed by atoms with Crippen molar-refractivity contribution in [3.8, 4) is 11.3 Å². The van der Waals surface area contributed by atoms with Crippen LogP contribution in [0, 0.1) is 0 Å². The lowest BCUT2D eigenvalue weighted by molar-refractivity contribution is -0.135. The lowest BCUT2D eigenvalue weighted by atomic mass is 10.0. The molecule has 0 N–H and O–H groups in total. The number of methoxy groups -OCH3 is 1. The zero-order chi connectivity index (χ0) is 15.4. The maximum atomic E-state index is 11.6. The predicted octanol–water partition coefficient (Wildman–Crippen LogP) is 4.13. The number of hydrogen-bond acceptors (Lipinski definition) is 4. The van der Waals surface area contributed by atoms with E-state index in [4.69, 9.17) is 20.9 Å². The fourth-order valence-corrected chi connectivity index (χ4v) is 1.96. The summed E-state index contributed by atoms with van der Waals surface area (Å²) in [7, 11) is 1.32. The van der Waals surface area contributed by atoms with Crippen LogP contribution in [0.1, 0.15) is 12.7 Å². The van der Waals surface area contributed by atoms with Crippen LogP contribution in [0.5, 0.6) is 0 Å². The van der Waals surface area contributed by atoms with Crippen molar-refractivity contribution in [3.63, 3.8) is 0 Å². The first kappa shape index (κ1) is 15.1. The molecular weight excluding hydrogens is 290 g/mol. The summed E-state index contributed by atoms with van der Waals surface area (Å²) in [5.74, 6) is -0.0506. The number of rotatable bonds is 4. The van der Waals surface area contributed by atoms with Crippen LogP contribution in [0.2, 0.25) is 5.02 Å². The van der Waals surface area contributed by atoms with E-state index >= 15 is 0 Å². The fraction of sp³-hybridized carbons (Fsp3) is 0.125. The van der Waals surface area contributed by atoms with Crippen molar-refractivity contribution < 1.29 is 14.1 Å². The number of benzene rings is 1. The molecule has 21 heavy (non-hydrogen) atoms. The number of hydrogen-bond donors (Lipinski definition) is 0. The van der Waals surface area contributed by atoms with Gasteiger partial charge in [-0.15, -0.1) is 0 Å². The van der Waals surface area contributed by atoms with Gasteiger partial charge in [-0.2, -0.15) is 0 Å². The number of carbonyl (C=O) groups is 1. The van der Waals surface area contributed by atoms with Crippen LogP contribution in [0.3, 0.4) is 0 Å². The van der Waals surface area contributed by atoms with Gasteiger partial charge in [0, 0.05) is 22.2 Å². The smallest absolute Gasteiger partial charge is 0.338 e. The van der Waals surface area contributed by atoms with E-state index < -0.39 is 5.97 Å². The lowest BCUT2D eigenvalue weighted by Crippen LogP contribution is -2.05. The SMILES string of the molecule is C=C(C(=CC)C(=O)OC)c1cc(-c2ccc(Cl)cc2)no1. The molecule has 0 bridgehead atoms. The molecule has 0 aliphatic heterocycles. The number of esters is 1. The van der Waals surface area contributed by atoms with E-state index in [2.05, 4.69) is 11.7 Å². The van der Waals surface area contributed by atoms with Gasteiger partial charge in [0.1, 0.15) is 5.69 Å². The summed E-state index contributed by atoms with van der Waals surface area (Å²) in [6.45, 7) is 5.59. The van der Waals surface area contributed by atoms with Gasteiger partial charge in [-0.05, 0) is 19.1 Å². The average molecular weight is 304 g/mol. The Balaban J connectivity index is 2.29. The van der Waals surface area contributed by atoms with Crippen molar-refractivity contribution in [1.82, 2.24) is 5.16 Å². The van der Waals surface area contributed by atoms with Gasteiger partial charge in [-0.1, -0.05) is 41.5 Å². The highest BCUT2D eigenvalue weighted by molar-refractivity contribution is 6.30. The van der Waals surface area contributed by atoms with Crippen LogP contribution in [-0.2, 0) is 9.53 Å². The molecule has 0 saturated heterocycles. The summed E-state index contributed by atoms with van der Waals surface area (Å²) in [5.41, 5.74) is 2.28.